The number of pyridine rings is 1. The summed E-state index contributed by atoms with van der Waals surface area (Å²) in [5.74, 6) is -0.941. The third-order valence-corrected chi connectivity index (χ3v) is 2.94. The van der Waals surface area contributed by atoms with Crippen LogP contribution in [0.1, 0.15) is 56.3 Å². The summed E-state index contributed by atoms with van der Waals surface area (Å²) in [5, 5.41) is 12.3. The van der Waals surface area contributed by atoms with Crippen LogP contribution in [0.25, 0.3) is 0 Å². The van der Waals surface area contributed by atoms with Crippen LogP contribution in [-0.4, -0.2) is 22.1 Å². The van der Waals surface area contributed by atoms with Crippen LogP contribution in [0.3, 0.4) is 0 Å². The lowest BCUT2D eigenvalue weighted by Crippen LogP contribution is -2.17. The van der Waals surface area contributed by atoms with Gasteiger partial charge < -0.3 is 10.4 Å². The van der Waals surface area contributed by atoms with Crippen molar-refractivity contribution >= 4 is 11.7 Å². The van der Waals surface area contributed by atoms with Gasteiger partial charge in [0.05, 0.1) is 5.69 Å². The Kier molecular flexibility index (Phi) is 6.19. The third-order valence-electron chi connectivity index (χ3n) is 2.94. The molecular formula is C14H22N2O2. The molecule has 0 saturated heterocycles. The number of hydrogen-bond donors (Lipinski definition) is 2. The minimum absolute atomic E-state index is 0.234. The molecule has 4 heteroatoms. The Balaban J connectivity index is 2.48. The van der Waals surface area contributed by atoms with Crippen molar-refractivity contribution in [1.82, 2.24) is 4.98 Å². The second-order valence-electron chi connectivity index (χ2n) is 4.62. The molecule has 18 heavy (non-hydrogen) atoms. The number of aromatic carboxylic acids is 1. The molecule has 1 atom stereocenters. The molecule has 1 heterocycles. The first kappa shape index (κ1) is 14.5. The summed E-state index contributed by atoms with van der Waals surface area (Å²) in [6.07, 6.45) is 8.96. The van der Waals surface area contributed by atoms with Gasteiger partial charge in [-0.2, -0.15) is 0 Å². The second kappa shape index (κ2) is 7.69. The molecule has 0 bridgehead atoms. The highest BCUT2D eigenvalue weighted by molar-refractivity contribution is 5.93. The van der Waals surface area contributed by atoms with Gasteiger partial charge in [0.25, 0.3) is 0 Å². The Hall–Kier alpha value is -1.58. The molecule has 4 nitrogen and oxygen atoms in total. The number of nitrogens with one attached hydrogen (secondary N) is 1. The predicted molar refractivity (Wildman–Crippen MR) is 73.0 cm³/mol. The number of carbonyl (C=O) groups is 1. The van der Waals surface area contributed by atoms with E-state index in [-0.39, 0.29) is 11.6 Å². The Bertz CT molecular complexity index is 380. The van der Waals surface area contributed by atoms with Gasteiger partial charge in [0.2, 0.25) is 0 Å². The zero-order valence-corrected chi connectivity index (χ0v) is 11.1. The molecule has 1 aromatic heterocycles. The molecule has 1 unspecified atom stereocenters. The van der Waals surface area contributed by atoms with E-state index >= 15 is 0 Å². The van der Waals surface area contributed by atoms with Crippen molar-refractivity contribution in [3.8, 4) is 0 Å². The van der Waals surface area contributed by atoms with E-state index in [2.05, 4.69) is 24.1 Å². The van der Waals surface area contributed by atoms with Gasteiger partial charge in [-0.05, 0) is 19.4 Å². The van der Waals surface area contributed by atoms with E-state index in [1.165, 1.54) is 31.9 Å². The molecule has 0 fully saturated rings. The SMILES string of the molecule is CCCCCCC(C)Nc1ccncc1C(=O)O. The van der Waals surface area contributed by atoms with E-state index in [1.54, 1.807) is 12.3 Å². The van der Waals surface area contributed by atoms with E-state index in [0.29, 0.717) is 5.69 Å². The minimum atomic E-state index is -0.941. The topological polar surface area (TPSA) is 62.2 Å². The fraction of sp³-hybridized carbons (Fsp3) is 0.571. The van der Waals surface area contributed by atoms with Crippen LogP contribution in [0, 0.1) is 0 Å². The maximum atomic E-state index is 11.0. The summed E-state index contributed by atoms with van der Waals surface area (Å²) in [6, 6.07) is 1.99. The Morgan fingerprint density at radius 1 is 1.44 bits per heavy atom. The lowest BCUT2D eigenvalue weighted by Gasteiger charge is -2.16. The van der Waals surface area contributed by atoms with Gasteiger partial charge in [0.1, 0.15) is 5.56 Å². The molecule has 0 amide bonds. The van der Waals surface area contributed by atoms with Crippen molar-refractivity contribution in [3.05, 3.63) is 24.0 Å². The van der Waals surface area contributed by atoms with Gasteiger partial charge in [-0.1, -0.05) is 32.6 Å². The number of carboxylic acids is 1. The van der Waals surface area contributed by atoms with Crippen molar-refractivity contribution in [2.24, 2.45) is 0 Å². The van der Waals surface area contributed by atoms with E-state index in [0.717, 1.165) is 6.42 Å². The van der Waals surface area contributed by atoms with Crippen LogP contribution in [0.15, 0.2) is 18.5 Å². The molecule has 100 valence electrons. The fourth-order valence-electron chi connectivity index (χ4n) is 1.91. The van der Waals surface area contributed by atoms with Crippen molar-refractivity contribution in [1.29, 1.82) is 0 Å². The summed E-state index contributed by atoms with van der Waals surface area (Å²) in [5.41, 5.74) is 0.887. The van der Waals surface area contributed by atoms with E-state index < -0.39 is 5.97 Å². The average molecular weight is 250 g/mol. The van der Waals surface area contributed by atoms with Crippen LogP contribution >= 0.6 is 0 Å². The smallest absolute Gasteiger partial charge is 0.339 e. The number of aromatic nitrogens is 1. The first-order valence-electron chi connectivity index (χ1n) is 6.59. The van der Waals surface area contributed by atoms with Gasteiger partial charge in [-0.25, -0.2) is 4.79 Å². The number of carboxylic acid groups (broad SMARTS) is 1. The molecule has 0 aliphatic rings. The van der Waals surface area contributed by atoms with Crippen molar-refractivity contribution in [2.75, 3.05) is 5.32 Å². The number of nitrogens with zero attached hydrogens (tertiary/aromatic N) is 1. The monoisotopic (exact) mass is 250 g/mol. The summed E-state index contributed by atoms with van der Waals surface area (Å²) < 4.78 is 0. The van der Waals surface area contributed by atoms with Gasteiger partial charge in [-0.15, -0.1) is 0 Å². The van der Waals surface area contributed by atoms with Gasteiger partial charge >= 0.3 is 5.97 Å². The Morgan fingerprint density at radius 3 is 2.89 bits per heavy atom. The highest BCUT2D eigenvalue weighted by atomic mass is 16.4. The Morgan fingerprint density at radius 2 is 2.22 bits per heavy atom. The summed E-state index contributed by atoms with van der Waals surface area (Å²) in [7, 11) is 0. The predicted octanol–water partition coefficient (Wildman–Crippen LogP) is 3.55. The van der Waals surface area contributed by atoms with E-state index in [9.17, 15) is 4.79 Å². The third kappa shape index (κ3) is 4.73. The molecule has 2 N–H and O–H groups in total. The van der Waals surface area contributed by atoms with Crippen LogP contribution < -0.4 is 5.32 Å². The van der Waals surface area contributed by atoms with Gasteiger partial charge in [0.15, 0.2) is 0 Å². The van der Waals surface area contributed by atoms with Crippen LogP contribution in [0.5, 0.6) is 0 Å². The average Bonchev–Trinajstić information content (AvgIpc) is 2.35. The van der Waals surface area contributed by atoms with E-state index in [4.69, 9.17) is 5.11 Å². The first-order valence-corrected chi connectivity index (χ1v) is 6.59. The summed E-state index contributed by atoms with van der Waals surface area (Å²) in [4.78, 5) is 14.9. The lowest BCUT2D eigenvalue weighted by atomic mass is 10.1. The van der Waals surface area contributed by atoms with Crippen molar-refractivity contribution < 1.29 is 9.90 Å². The van der Waals surface area contributed by atoms with Gasteiger partial charge in [-0.3, -0.25) is 4.98 Å². The standard InChI is InChI=1S/C14H22N2O2/c1-3-4-5-6-7-11(2)16-13-8-9-15-10-12(13)14(17)18/h8-11H,3-7H2,1-2H3,(H,15,16)(H,17,18). The lowest BCUT2D eigenvalue weighted by molar-refractivity contribution is 0.0697. The normalized spacial score (nSPS) is 12.1. The molecule has 0 aliphatic carbocycles. The number of anilines is 1. The first-order chi connectivity index (χ1) is 8.65. The number of rotatable bonds is 8. The Labute approximate surface area is 108 Å². The van der Waals surface area contributed by atoms with Crippen molar-refractivity contribution in [3.63, 3.8) is 0 Å². The highest BCUT2D eigenvalue weighted by Gasteiger charge is 2.11. The molecule has 0 spiro atoms. The highest BCUT2D eigenvalue weighted by Crippen LogP contribution is 2.16. The van der Waals surface area contributed by atoms with Crippen LogP contribution in [-0.2, 0) is 0 Å². The number of hydrogen-bond acceptors (Lipinski definition) is 3. The van der Waals surface area contributed by atoms with Crippen molar-refractivity contribution in [2.45, 2.75) is 52.0 Å². The quantitative estimate of drug-likeness (QED) is 0.693. The summed E-state index contributed by atoms with van der Waals surface area (Å²) in [6.45, 7) is 4.27. The molecular weight excluding hydrogens is 228 g/mol. The largest absolute Gasteiger partial charge is 0.478 e. The minimum Gasteiger partial charge on any atom is -0.478 e. The maximum absolute atomic E-state index is 11.0. The van der Waals surface area contributed by atoms with Crippen LogP contribution in [0.2, 0.25) is 0 Å². The fourth-order valence-corrected chi connectivity index (χ4v) is 1.91. The maximum Gasteiger partial charge on any atom is 0.339 e. The second-order valence-corrected chi connectivity index (χ2v) is 4.62. The molecule has 1 aromatic rings. The molecule has 0 aliphatic heterocycles. The van der Waals surface area contributed by atoms with Crippen LogP contribution in [0.4, 0.5) is 5.69 Å². The number of unbranched alkanes of at least 4 members (excludes halogenated alkanes) is 3. The molecule has 1 rings (SSSR count). The summed E-state index contributed by atoms with van der Waals surface area (Å²) >= 11 is 0. The van der Waals surface area contributed by atoms with E-state index in [1.807, 2.05) is 0 Å². The molecule has 0 aromatic carbocycles. The zero-order valence-electron chi connectivity index (χ0n) is 11.1. The molecule has 0 radical (unpaired) electrons. The zero-order chi connectivity index (χ0) is 13.4. The van der Waals surface area contributed by atoms with Gasteiger partial charge in [0, 0.05) is 18.4 Å². The molecule has 0 saturated carbocycles.